The molecular weight excluding hydrogens is 188 g/mol. The van der Waals surface area contributed by atoms with Crippen molar-refractivity contribution < 1.29 is 9.59 Å². The Morgan fingerprint density at radius 1 is 1.07 bits per heavy atom. The molecule has 0 saturated heterocycles. The van der Waals surface area contributed by atoms with Gasteiger partial charge in [0.2, 0.25) is 6.29 Å². The van der Waals surface area contributed by atoms with Gasteiger partial charge in [0.05, 0.1) is 0 Å². The molecule has 2 nitrogen and oxygen atoms in total. The Morgan fingerprint density at radius 3 is 2.33 bits per heavy atom. The first-order chi connectivity index (χ1) is 7.29. The summed E-state index contributed by atoms with van der Waals surface area (Å²) >= 11 is 0. The molecule has 0 N–H and O–H groups in total. The second kappa shape index (κ2) is 4.05. The van der Waals surface area contributed by atoms with Crippen molar-refractivity contribution in [1.29, 1.82) is 0 Å². The molecule has 15 heavy (non-hydrogen) atoms. The number of carbonyl (C=O) groups is 1. The fraction of sp³-hybridized carbons (Fsp3) is 0.0769. The maximum absolute atomic E-state index is 11.0. The lowest BCUT2D eigenvalue weighted by atomic mass is 9.98. The highest BCUT2D eigenvalue weighted by Gasteiger charge is 2.05. The van der Waals surface area contributed by atoms with E-state index in [1.54, 1.807) is 24.3 Å². The van der Waals surface area contributed by atoms with E-state index in [2.05, 4.69) is 0 Å². The van der Waals surface area contributed by atoms with Gasteiger partial charge in [0.1, 0.15) is 0 Å². The Labute approximate surface area is 87.9 Å². The third-order valence-corrected chi connectivity index (χ3v) is 2.31. The van der Waals surface area contributed by atoms with Crippen LogP contribution in [0.1, 0.15) is 17.5 Å². The molecule has 0 aromatic heterocycles. The van der Waals surface area contributed by atoms with Crippen molar-refractivity contribution in [3.8, 4) is 0 Å². The van der Waals surface area contributed by atoms with Gasteiger partial charge in [-0.1, -0.05) is 36.4 Å². The van der Waals surface area contributed by atoms with E-state index >= 15 is 0 Å². The maximum Gasteiger partial charge on any atom is 0.233 e. The minimum Gasteiger partial charge on any atom is -0.295 e. The molecule has 1 radical (unpaired) electrons. The minimum absolute atomic E-state index is 0.122. The quantitative estimate of drug-likeness (QED) is 0.727. The molecule has 0 amide bonds. The first-order valence-corrected chi connectivity index (χ1v) is 4.69. The molecule has 1 aromatic rings. The number of carbonyl (C=O) groups excluding carboxylic acids is 2. The minimum atomic E-state index is 0.122. The van der Waals surface area contributed by atoms with Crippen LogP contribution >= 0.6 is 0 Å². The van der Waals surface area contributed by atoms with E-state index in [0.29, 0.717) is 12.0 Å². The summed E-state index contributed by atoms with van der Waals surface area (Å²) in [5.41, 5.74) is 2.57. The molecule has 1 aromatic carbocycles. The highest BCUT2D eigenvalue weighted by Crippen LogP contribution is 2.20. The average molecular weight is 197 g/mol. The molecule has 0 bridgehead atoms. The van der Waals surface area contributed by atoms with Crippen LogP contribution in [0, 0.1) is 0 Å². The second-order valence-corrected chi connectivity index (χ2v) is 3.34. The highest BCUT2D eigenvalue weighted by atomic mass is 16.1. The van der Waals surface area contributed by atoms with Gasteiger partial charge in [-0.3, -0.25) is 9.59 Å². The van der Waals surface area contributed by atoms with E-state index in [1.807, 2.05) is 24.5 Å². The molecule has 73 valence electrons. The van der Waals surface area contributed by atoms with Crippen LogP contribution in [-0.2, 0) is 9.59 Å². The molecule has 1 aliphatic carbocycles. The van der Waals surface area contributed by atoms with E-state index in [-0.39, 0.29) is 5.78 Å². The predicted octanol–water partition coefficient (Wildman–Crippen LogP) is 2.06. The summed E-state index contributed by atoms with van der Waals surface area (Å²) in [5, 5.41) is 0. The smallest absolute Gasteiger partial charge is 0.233 e. The fourth-order valence-corrected chi connectivity index (χ4v) is 1.47. The molecule has 1 aliphatic rings. The zero-order valence-corrected chi connectivity index (χ0v) is 8.07. The molecule has 0 unspecified atom stereocenters. The Kier molecular flexibility index (Phi) is 2.59. The normalized spacial score (nSPS) is 14.9. The Balaban J connectivity index is 2.27. The van der Waals surface area contributed by atoms with Crippen molar-refractivity contribution in [2.75, 3.05) is 0 Å². The van der Waals surface area contributed by atoms with Crippen molar-refractivity contribution in [2.45, 2.75) is 6.42 Å². The lowest BCUT2D eigenvalue weighted by molar-refractivity contribution is -0.113. The van der Waals surface area contributed by atoms with Gasteiger partial charge in [-0.25, -0.2) is 0 Å². The number of rotatable bonds is 2. The van der Waals surface area contributed by atoms with Crippen molar-refractivity contribution in [1.82, 2.24) is 0 Å². The van der Waals surface area contributed by atoms with Gasteiger partial charge in [-0.15, -0.1) is 0 Å². The van der Waals surface area contributed by atoms with E-state index in [9.17, 15) is 9.59 Å². The molecule has 0 atom stereocenters. The van der Waals surface area contributed by atoms with Gasteiger partial charge in [-0.05, 0) is 17.2 Å². The van der Waals surface area contributed by atoms with E-state index in [0.717, 1.165) is 11.1 Å². The van der Waals surface area contributed by atoms with Crippen LogP contribution in [0.15, 0.2) is 42.5 Å². The Bertz CT molecular complexity index is 450. The topological polar surface area (TPSA) is 34.1 Å². The SMILES string of the molecule is O=[C]c1ccc(C2=CCC(=O)C=C2)cc1. The second-order valence-electron chi connectivity index (χ2n) is 3.34. The van der Waals surface area contributed by atoms with Gasteiger partial charge in [0.25, 0.3) is 0 Å². The number of ketones is 1. The van der Waals surface area contributed by atoms with Crippen LogP contribution in [-0.4, -0.2) is 12.1 Å². The summed E-state index contributed by atoms with van der Waals surface area (Å²) in [4.78, 5) is 21.3. The molecule has 0 spiro atoms. The molecule has 0 aliphatic heterocycles. The summed E-state index contributed by atoms with van der Waals surface area (Å²) in [7, 11) is 0. The summed E-state index contributed by atoms with van der Waals surface area (Å²) < 4.78 is 0. The number of benzene rings is 1. The molecule has 0 fully saturated rings. The molecule has 0 saturated carbocycles. The Hall–Kier alpha value is -1.96. The van der Waals surface area contributed by atoms with Gasteiger partial charge in [0.15, 0.2) is 5.78 Å². The number of allylic oxidation sites excluding steroid dienone is 4. The zero-order valence-electron chi connectivity index (χ0n) is 8.07. The van der Waals surface area contributed by atoms with Gasteiger partial charge < -0.3 is 0 Å². The fourth-order valence-electron chi connectivity index (χ4n) is 1.47. The average Bonchev–Trinajstić information content (AvgIpc) is 2.30. The standard InChI is InChI=1S/C13H9O2/c14-9-10-1-3-11(4-2-10)12-5-7-13(15)8-6-12/h1-7H,8H2. The summed E-state index contributed by atoms with van der Waals surface area (Å²) in [5.74, 6) is 0.122. The van der Waals surface area contributed by atoms with Crippen molar-refractivity contribution in [3.63, 3.8) is 0 Å². The first-order valence-electron chi connectivity index (χ1n) is 4.69. The van der Waals surface area contributed by atoms with Crippen LogP contribution in [0.2, 0.25) is 0 Å². The van der Waals surface area contributed by atoms with Crippen LogP contribution in [0.5, 0.6) is 0 Å². The maximum atomic E-state index is 11.0. The summed E-state index contributed by atoms with van der Waals surface area (Å²) in [6.07, 6.45) is 7.54. The number of hydrogen-bond acceptors (Lipinski definition) is 2. The third-order valence-electron chi connectivity index (χ3n) is 2.31. The molecule has 2 heteroatoms. The third kappa shape index (κ3) is 2.10. The Morgan fingerprint density at radius 2 is 1.80 bits per heavy atom. The van der Waals surface area contributed by atoms with Gasteiger partial charge in [0, 0.05) is 12.0 Å². The van der Waals surface area contributed by atoms with E-state index in [1.165, 1.54) is 0 Å². The van der Waals surface area contributed by atoms with Crippen LogP contribution in [0.4, 0.5) is 0 Å². The van der Waals surface area contributed by atoms with Crippen LogP contribution in [0.25, 0.3) is 5.57 Å². The van der Waals surface area contributed by atoms with E-state index in [4.69, 9.17) is 0 Å². The summed E-state index contributed by atoms with van der Waals surface area (Å²) in [6, 6.07) is 7.14. The largest absolute Gasteiger partial charge is 0.295 e. The van der Waals surface area contributed by atoms with Crippen molar-refractivity contribution in [2.24, 2.45) is 0 Å². The lowest BCUT2D eigenvalue weighted by Crippen LogP contribution is -1.96. The number of hydrogen-bond donors (Lipinski definition) is 0. The first kappa shape index (κ1) is 9.59. The lowest BCUT2D eigenvalue weighted by Gasteiger charge is -2.06. The predicted molar refractivity (Wildman–Crippen MR) is 58.0 cm³/mol. The van der Waals surface area contributed by atoms with Gasteiger partial charge in [-0.2, -0.15) is 0 Å². The molecular formula is C13H9O2. The highest BCUT2D eigenvalue weighted by molar-refractivity contribution is 5.97. The van der Waals surface area contributed by atoms with Gasteiger partial charge >= 0.3 is 0 Å². The monoisotopic (exact) mass is 197 g/mol. The van der Waals surface area contributed by atoms with Crippen LogP contribution < -0.4 is 0 Å². The van der Waals surface area contributed by atoms with Crippen LogP contribution in [0.3, 0.4) is 0 Å². The van der Waals surface area contributed by atoms with Crippen molar-refractivity contribution >= 4 is 17.6 Å². The van der Waals surface area contributed by atoms with Crippen molar-refractivity contribution in [3.05, 3.63) is 53.6 Å². The zero-order chi connectivity index (χ0) is 10.7. The molecule has 0 heterocycles. The van der Waals surface area contributed by atoms with E-state index < -0.39 is 0 Å². The molecule has 2 rings (SSSR count). The summed E-state index contributed by atoms with van der Waals surface area (Å²) in [6.45, 7) is 0.